The molecule has 1 N–H and O–H groups in total. The highest BCUT2D eigenvalue weighted by Gasteiger charge is 2.08. The maximum Gasteiger partial charge on any atom is 0.248 e. The lowest BCUT2D eigenvalue weighted by Gasteiger charge is -2.09. The van der Waals surface area contributed by atoms with E-state index in [2.05, 4.69) is 10.3 Å². The van der Waals surface area contributed by atoms with Gasteiger partial charge >= 0.3 is 0 Å². The van der Waals surface area contributed by atoms with Crippen molar-refractivity contribution >= 4 is 28.6 Å². The van der Waals surface area contributed by atoms with Crippen LogP contribution < -0.4 is 10.1 Å². The van der Waals surface area contributed by atoms with E-state index in [0.717, 1.165) is 16.5 Å². The molecule has 0 aliphatic heterocycles. The molecule has 0 aliphatic rings. The van der Waals surface area contributed by atoms with Crippen LogP contribution in [0.1, 0.15) is 11.1 Å². The van der Waals surface area contributed by atoms with Crippen LogP contribution in [0.3, 0.4) is 0 Å². The third-order valence-electron chi connectivity index (χ3n) is 3.71. The Morgan fingerprint density at radius 3 is 2.67 bits per heavy atom. The molecule has 3 aromatic rings. The third kappa shape index (κ3) is 3.43. The number of aryl methyl sites for hydroxylation is 1. The monoisotopic (exact) mass is 318 g/mol. The Kier molecular flexibility index (Phi) is 4.57. The zero-order chi connectivity index (χ0) is 16.9. The molecule has 0 unspecified atom stereocenters. The highest BCUT2D eigenvalue weighted by Crippen LogP contribution is 2.29. The van der Waals surface area contributed by atoms with Crippen molar-refractivity contribution in [2.45, 2.75) is 6.92 Å². The SMILES string of the molecule is COc1ccc(NC(=O)/C=C/c2ccc(C)cc2)c2cccnc12. The molecule has 0 radical (unpaired) electrons. The third-order valence-corrected chi connectivity index (χ3v) is 3.71. The van der Waals surface area contributed by atoms with Crippen molar-refractivity contribution in [2.75, 3.05) is 12.4 Å². The number of nitrogens with zero attached hydrogens (tertiary/aromatic N) is 1. The molecule has 0 saturated heterocycles. The number of hydrogen-bond acceptors (Lipinski definition) is 3. The van der Waals surface area contributed by atoms with Crippen molar-refractivity contribution in [3.8, 4) is 5.75 Å². The lowest BCUT2D eigenvalue weighted by Crippen LogP contribution is -2.08. The average Bonchev–Trinajstić information content (AvgIpc) is 2.61. The van der Waals surface area contributed by atoms with Gasteiger partial charge in [0.2, 0.25) is 5.91 Å². The maximum absolute atomic E-state index is 12.2. The highest BCUT2D eigenvalue weighted by atomic mass is 16.5. The van der Waals surface area contributed by atoms with Crippen LogP contribution >= 0.6 is 0 Å². The number of fused-ring (bicyclic) bond motifs is 1. The minimum Gasteiger partial charge on any atom is -0.494 e. The second kappa shape index (κ2) is 6.96. The first kappa shape index (κ1) is 15.7. The minimum atomic E-state index is -0.189. The van der Waals surface area contributed by atoms with E-state index in [1.165, 1.54) is 11.6 Å². The number of carbonyl (C=O) groups is 1. The van der Waals surface area contributed by atoms with Crippen molar-refractivity contribution in [3.05, 3.63) is 71.9 Å². The Balaban J connectivity index is 1.82. The van der Waals surface area contributed by atoms with E-state index >= 15 is 0 Å². The molecular weight excluding hydrogens is 300 g/mol. The van der Waals surface area contributed by atoms with Crippen molar-refractivity contribution in [3.63, 3.8) is 0 Å². The molecule has 3 rings (SSSR count). The Labute approximate surface area is 140 Å². The maximum atomic E-state index is 12.2. The Hall–Kier alpha value is -3.14. The Morgan fingerprint density at radius 2 is 1.92 bits per heavy atom. The molecule has 0 atom stereocenters. The molecule has 24 heavy (non-hydrogen) atoms. The standard InChI is InChI=1S/C20H18N2O2/c1-14-5-7-15(8-6-14)9-12-19(23)22-17-10-11-18(24-2)20-16(17)4-3-13-21-20/h3-13H,1-2H3,(H,22,23)/b12-9+. The molecule has 120 valence electrons. The molecule has 4 nitrogen and oxygen atoms in total. The fourth-order valence-corrected chi connectivity index (χ4v) is 2.44. The first-order valence-electron chi connectivity index (χ1n) is 7.65. The number of ether oxygens (including phenoxy) is 1. The van der Waals surface area contributed by atoms with Gasteiger partial charge in [0.05, 0.1) is 12.8 Å². The number of rotatable bonds is 4. The largest absolute Gasteiger partial charge is 0.494 e. The molecule has 0 saturated carbocycles. The zero-order valence-electron chi connectivity index (χ0n) is 13.6. The number of benzene rings is 2. The molecule has 0 fully saturated rings. The molecule has 0 bridgehead atoms. The van der Waals surface area contributed by atoms with Gasteiger partial charge in [-0.05, 0) is 42.8 Å². The summed E-state index contributed by atoms with van der Waals surface area (Å²) in [5.41, 5.74) is 3.60. The summed E-state index contributed by atoms with van der Waals surface area (Å²) in [5, 5.41) is 3.74. The molecular formula is C20H18N2O2. The van der Waals surface area contributed by atoms with Gasteiger partial charge in [0.15, 0.2) is 0 Å². The van der Waals surface area contributed by atoms with Gasteiger partial charge in [-0.1, -0.05) is 29.8 Å². The molecule has 0 aliphatic carbocycles. The summed E-state index contributed by atoms with van der Waals surface area (Å²) in [6.07, 6.45) is 5.02. The van der Waals surface area contributed by atoms with Gasteiger partial charge in [0.1, 0.15) is 11.3 Å². The summed E-state index contributed by atoms with van der Waals surface area (Å²) in [6, 6.07) is 15.3. The summed E-state index contributed by atoms with van der Waals surface area (Å²) >= 11 is 0. The van der Waals surface area contributed by atoms with Gasteiger partial charge in [-0.25, -0.2) is 0 Å². The van der Waals surface area contributed by atoms with Crippen LogP contribution in [0.15, 0.2) is 60.8 Å². The van der Waals surface area contributed by atoms with E-state index in [-0.39, 0.29) is 5.91 Å². The molecule has 2 aromatic carbocycles. The van der Waals surface area contributed by atoms with Gasteiger partial charge in [-0.2, -0.15) is 0 Å². The predicted octanol–water partition coefficient (Wildman–Crippen LogP) is 4.20. The van der Waals surface area contributed by atoms with Crippen molar-refractivity contribution in [1.29, 1.82) is 0 Å². The fourth-order valence-electron chi connectivity index (χ4n) is 2.44. The smallest absolute Gasteiger partial charge is 0.248 e. The zero-order valence-corrected chi connectivity index (χ0v) is 13.6. The van der Waals surface area contributed by atoms with Gasteiger partial charge in [0, 0.05) is 17.7 Å². The van der Waals surface area contributed by atoms with Gasteiger partial charge < -0.3 is 10.1 Å². The number of hydrogen-bond donors (Lipinski definition) is 1. The van der Waals surface area contributed by atoms with Crippen LogP contribution in [0.4, 0.5) is 5.69 Å². The fraction of sp³-hybridized carbons (Fsp3) is 0.100. The molecule has 1 aromatic heterocycles. The van der Waals surface area contributed by atoms with E-state index in [1.54, 1.807) is 25.4 Å². The topological polar surface area (TPSA) is 51.2 Å². The number of nitrogens with one attached hydrogen (secondary N) is 1. The molecule has 1 amide bonds. The first-order chi connectivity index (χ1) is 11.7. The van der Waals surface area contributed by atoms with Gasteiger partial charge in [0.25, 0.3) is 0 Å². The van der Waals surface area contributed by atoms with Crippen molar-refractivity contribution in [1.82, 2.24) is 4.98 Å². The summed E-state index contributed by atoms with van der Waals surface area (Å²) in [5.74, 6) is 0.490. The van der Waals surface area contributed by atoms with E-state index < -0.39 is 0 Å². The van der Waals surface area contributed by atoms with Crippen LogP contribution in [0.25, 0.3) is 17.0 Å². The number of anilines is 1. The quantitative estimate of drug-likeness (QED) is 0.733. The lowest BCUT2D eigenvalue weighted by molar-refractivity contribution is -0.111. The second-order valence-electron chi connectivity index (χ2n) is 5.45. The van der Waals surface area contributed by atoms with E-state index in [9.17, 15) is 4.79 Å². The van der Waals surface area contributed by atoms with E-state index in [4.69, 9.17) is 4.74 Å². The van der Waals surface area contributed by atoms with Crippen LogP contribution in [0.5, 0.6) is 5.75 Å². The molecule has 1 heterocycles. The molecule has 0 spiro atoms. The minimum absolute atomic E-state index is 0.189. The van der Waals surface area contributed by atoms with Gasteiger partial charge in [-0.3, -0.25) is 9.78 Å². The van der Waals surface area contributed by atoms with Crippen LogP contribution in [-0.4, -0.2) is 18.0 Å². The van der Waals surface area contributed by atoms with Crippen molar-refractivity contribution < 1.29 is 9.53 Å². The van der Waals surface area contributed by atoms with Gasteiger partial charge in [-0.15, -0.1) is 0 Å². The number of pyridine rings is 1. The Morgan fingerprint density at radius 1 is 1.12 bits per heavy atom. The average molecular weight is 318 g/mol. The number of methoxy groups -OCH3 is 1. The summed E-state index contributed by atoms with van der Waals surface area (Å²) < 4.78 is 5.31. The summed E-state index contributed by atoms with van der Waals surface area (Å²) in [6.45, 7) is 2.03. The van der Waals surface area contributed by atoms with Crippen LogP contribution in [0.2, 0.25) is 0 Å². The van der Waals surface area contributed by atoms with E-state index in [0.29, 0.717) is 11.4 Å². The van der Waals surface area contributed by atoms with Crippen LogP contribution in [0, 0.1) is 6.92 Å². The highest BCUT2D eigenvalue weighted by molar-refractivity contribution is 6.07. The normalized spacial score (nSPS) is 10.9. The van der Waals surface area contributed by atoms with Crippen LogP contribution in [-0.2, 0) is 4.79 Å². The summed E-state index contributed by atoms with van der Waals surface area (Å²) in [4.78, 5) is 16.5. The second-order valence-corrected chi connectivity index (χ2v) is 5.45. The number of carbonyl (C=O) groups excluding carboxylic acids is 1. The molecule has 4 heteroatoms. The lowest BCUT2D eigenvalue weighted by atomic mass is 10.1. The number of aromatic nitrogens is 1. The van der Waals surface area contributed by atoms with E-state index in [1.807, 2.05) is 49.4 Å². The number of amides is 1. The predicted molar refractivity (Wildman–Crippen MR) is 97.1 cm³/mol. The summed E-state index contributed by atoms with van der Waals surface area (Å²) in [7, 11) is 1.60. The Bertz CT molecular complexity index is 899. The first-order valence-corrected chi connectivity index (χ1v) is 7.65. The van der Waals surface area contributed by atoms with Crippen molar-refractivity contribution in [2.24, 2.45) is 0 Å².